The molecule has 0 aromatic heterocycles. The normalized spacial score (nSPS) is 18.1. The van der Waals surface area contributed by atoms with Crippen LogP contribution in [0.15, 0.2) is 17.0 Å². The van der Waals surface area contributed by atoms with Crippen molar-refractivity contribution in [2.24, 2.45) is 5.92 Å². The van der Waals surface area contributed by atoms with Crippen molar-refractivity contribution in [3.8, 4) is 0 Å². The van der Waals surface area contributed by atoms with E-state index in [9.17, 15) is 12.8 Å². The number of piperidine rings is 1. The van der Waals surface area contributed by atoms with Gasteiger partial charge in [0.1, 0.15) is 5.82 Å². The van der Waals surface area contributed by atoms with E-state index < -0.39 is 15.8 Å². The predicted molar refractivity (Wildman–Crippen MR) is 81.1 cm³/mol. The second kappa shape index (κ2) is 6.42. The average Bonchev–Trinajstić information content (AvgIpc) is 2.43. The van der Waals surface area contributed by atoms with Crippen LogP contribution in [0.4, 0.5) is 4.39 Å². The standard InChI is InChI=1S/C15H23FN2O2S/c1-11-4-6-18(7-5-11)21(19,20)15-9-13(10-17-3)8-14(16)12(15)2/h8-9,11,17H,4-7,10H2,1-3H3. The Bertz CT molecular complexity index is 608. The fraction of sp³-hybridized carbons (Fsp3) is 0.600. The van der Waals surface area contributed by atoms with E-state index >= 15 is 0 Å². The minimum Gasteiger partial charge on any atom is -0.316 e. The molecule has 1 saturated heterocycles. The Morgan fingerprint density at radius 2 is 1.95 bits per heavy atom. The number of hydrogen-bond donors (Lipinski definition) is 1. The summed E-state index contributed by atoms with van der Waals surface area (Å²) in [4.78, 5) is 0.0994. The van der Waals surface area contributed by atoms with Crippen molar-refractivity contribution in [3.05, 3.63) is 29.1 Å². The zero-order valence-electron chi connectivity index (χ0n) is 12.8. The highest BCUT2D eigenvalue weighted by molar-refractivity contribution is 7.89. The molecule has 0 aliphatic carbocycles. The highest BCUT2D eigenvalue weighted by atomic mass is 32.2. The third-order valence-corrected chi connectivity index (χ3v) is 6.12. The van der Waals surface area contributed by atoms with Crippen LogP contribution in [0.5, 0.6) is 0 Å². The van der Waals surface area contributed by atoms with Crippen LogP contribution in [0.3, 0.4) is 0 Å². The Morgan fingerprint density at radius 3 is 2.52 bits per heavy atom. The third-order valence-electron chi connectivity index (χ3n) is 4.10. The lowest BCUT2D eigenvalue weighted by Gasteiger charge is -2.30. The number of benzene rings is 1. The molecule has 0 radical (unpaired) electrons. The SMILES string of the molecule is CNCc1cc(F)c(C)c(S(=O)(=O)N2CCC(C)CC2)c1. The van der Waals surface area contributed by atoms with Gasteiger partial charge in [-0.25, -0.2) is 12.8 Å². The van der Waals surface area contributed by atoms with Crippen LogP contribution >= 0.6 is 0 Å². The molecule has 0 atom stereocenters. The monoisotopic (exact) mass is 314 g/mol. The van der Waals surface area contributed by atoms with E-state index in [-0.39, 0.29) is 10.5 Å². The van der Waals surface area contributed by atoms with Crippen LogP contribution in [-0.4, -0.2) is 32.9 Å². The first-order chi connectivity index (χ1) is 9.86. The van der Waals surface area contributed by atoms with Gasteiger partial charge in [0, 0.05) is 25.2 Å². The van der Waals surface area contributed by atoms with E-state index in [0.29, 0.717) is 31.1 Å². The summed E-state index contributed by atoms with van der Waals surface area (Å²) < 4.78 is 41.0. The van der Waals surface area contributed by atoms with Gasteiger partial charge in [0.15, 0.2) is 0 Å². The van der Waals surface area contributed by atoms with Crippen LogP contribution in [0, 0.1) is 18.7 Å². The van der Waals surface area contributed by atoms with Gasteiger partial charge in [-0.1, -0.05) is 6.92 Å². The molecule has 0 amide bonds. The van der Waals surface area contributed by atoms with Gasteiger partial charge in [0.25, 0.3) is 0 Å². The quantitative estimate of drug-likeness (QED) is 0.927. The molecular formula is C15H23FN2O2S. The summed E-state index contributed by atoms with van der Waals surface area (Å²) in [5, 5.41) is 2.92. The zero-order chi connectivity index (χ0) is 15.6. The van der Waals surface area contributed by atoms with Crippen molar-refractivity contribution in [2.45, 2.75) is 38.1 Å². The van der Waals surface area contributed by atoms with E-state index in [1.807, 2.05) is 0 Å². The molecule has 1 aliphatic heterocycles. The second-order valence-electron chi connectivity index (χ2n) is 5.82. The molecule has 21 heavy (non-hydrogen) atoms. The topological polar surface area (TPSA) is 49.4 Å². The average molecular weight is 314 g/mol. The number of nitrogens with zero attached hydrogens (tertiary/aromatic N) is 1. The van der Waals surface area contributed by atoms with Gasteiger partial charge >= 0.3 is 0 Å². The van der Waals surface area contributed by atoms with Crippen molar-refractivity contribution in [3.63, 3.8) is 0 Å². The van der Waals surface area contributed by atoms with Crippen LogP contribution in [0.25, 0.3) is 0 Å². The summed E-state index contributed by atoms with van der Waals surface area (Å²) in [5.41, 5.74) is 0.845. The number of halogens is 1. The summed E-state index contributed by atoms with van der Waals surface area (Å²) in [6.45, 7) is 5.12. The molecule has 1 N–H and O–H groups in total. The molecule has 1 aliphatic rings. The molecule has 0 saturated carbocycles. The van der Waals surface area contributed by atoms with Crippen LogP contribution in [-0.2, 0) is 16.6 Å². The van der Waals surface area contributed by atoms with Gasteiger partial charge in [0.2, 0.25) is 10.0 Å². The smallest absolute Gasteiger partial charge is 0.243 e. The minimum atomic E-state index is -3.61. The van der Waals surface area contributed by atoms with E-state index in [1.54, 1.807) is 13.1 Å². The van der Waals surface area contributed by atoms with Crippen LogP contribution in [0.1, 0.15) is 30.9 Å². The van der Waals surface area contributed by atoms with E-state index in [1.165, 1.54) is 17.3 Å². The molecule has 1 aromatic carbocycles. The summed E-state index contributed by atoms with van der Waals surface area (Å²) in [5.74, 6) is 0.0802. The maximum Gasteiger partial charge on any atom is 0.243 e. The molecule has 1 fully saturated rings. The number of sulfonamides is 1. The molecule has 1 heterocycles. The maximum atomic E-state index is 14.0. The molecule has 6 heteroatoms. The molecule has 4 nitrogen and oxygen atoms in total. The summed E-state index contributed by atoms with van der Waals surface area (Å²) in [6.07, 6.45) is 1.72. The number of rotatable bonds is 4. The maximum absolute atomic E-state index is 14.0. The van der Waals surface area contributed by atoms with Crippen LogP contribution < -0.4 is 5.32 Å². The highest BCUT2D eigenvalue weighted by Crippen LogP contribution is 2.27. The first kappa shape index (κ1) is 16.4. The Hall–Kier alpha value is -0.980. The molecular weight excluding hydrogens is 291 g/mol. The van der Waals surface area contributed by atoms with E-state index in [0.717, 1.165) is 12.8 Å². The fourth-order valence-electron chi connectivity index (χ4n) is 2.65. The van der Waals surface area contributed by atoms with Crippen molar-refractivity contribution < 1.29 is 12.8 Å². The number of nitrogens with one attached hydrogen (secondary N) is 1. The molecule has 0 spiro atoms. The zero-order valence-corrected chi connectivity index (χ0v) is 13.6. The summed E-state index contributed by atoms with van der Waals surface area (Å²) >= 11 is 0. The summed E-state index contributed by atoms with van der Waals surface area (Å²) in [7, 11) is -1.87. The van der Waals surface area contributed by atoms with Gasteiger partial charge in [-0.3, -0.25) is 0 Å². The Balaban J connectivity index is 2.39. The van der Waals surface area contributed by atoms with Gasteiger partial charge in [0.05, 0.1) is 4.90 Å². The largest absolute Gasteiger partial charge is 0.316 e. The highest BCUT2D eigenvalue weighted by Gasteiger charge is 2.30. The Kier molecular flexibility index (Phi) is 5.01. The second-order valence-corrected chi connectivity index (χ2v) is 7.72. The van der Waals surface area contributed by atoms with Crippen molar-refractivity contribution in [1.29, 1.82) is 0 Å². The van der Waals surface area contributed by atoms with Crippen molar-refractivity contribution >= 4 is 10.0 Å². The van der Waals surface area contributed by atoms with Crippen molar-refractivity contribution in [2.75, 3.05) is 20.1 Å². The Labute approximate surface area is 126 Å². The predicted octanol–water partition coefficient (Wildman–Crippen LogP) is 2.27. The summed E-state index contributed by atoms with van der Waals surface area (Å²) in [6, 6.07) is 2.98. The lowest BCUT2D eigenvalue weighted by molar-refractivity contribution is 0.288. The van der Waals surface area contributed by atoms with E-state index in [4.69, 9.17) is 0 Å². The Morgan fingerprint density at radius 1 is 1.33 bits per heavy atom. The van der Waals surface area contributed by atoms with E-state index in [2.05, 4.69) is 12.2 Å². The third kappa shape index (κ3) is 3.44. The first-order valence-corrected chi connectivity index (χ1v) is 8.74. The molecule has 0 unspecified atom stereocenters. The molecule has 0 bridgehead atoms. The van der Waals surface area contributed by atoms with Crippen LogP contribution in [0.2, 0.25) is 0 Å². The van der Waals surface area contributed by atoms with Gasteiger partial charge < -0.3 is 5.32 Å². The lowest BCUT2D eigenvalue weighted by atomic mass is 10.0. The lowest BCUT2D eigenvalue weighted by Crippen LogP contribution is -2.38. The van der Waals surface area contributed by atoms with Gasteiger partial charge in [-0.2, -0.15) is 4.31 Å². The van der Waals surface area contributed by atoms with Crippen molar-refractivity contribution in [1.82, 2.24) is 9.62 Å². The minimum absolute atomic E-state index is 0.0994. The molecule has 2 rings (SSSR count). The number of hydrogen-bond acceptors (Lipinski definition) is 3. The van der Waals surface area contributed by atoms with Gasteiger partial charge in [-0.05, 0) is 50.4 Å². The molecule has 1 aromatic rings. The van der Waals surface area contributed by atoms with Gasteiger partial charge in [-0.15, -0.1) is 0 Å². The first-order valence-electron chi connectivity index (χ1n) is 7.30. The molecule has 118 valence electrons. The fourth-order valence-corrected chi connectivity index (χ4v) is 4.40.